The van der Waals surface area contributed by atoms with Crippen molar-refractivity contribution in [2.24, 2.45) is 10.9 Å². The van der Waals surface area contributed by atoms with Gasteiger partial charge in [-0.05, 0) is 148 Å². The van der Waals surface area contributed by atoms with Gasteiger partial charge in [0.25, 0.3) is 47.3 Å². The molecule has 7 aromatic rings. The lowest BCUT2D eigenvalue weighted by molar-refractivity contribution is 0.0606. The van der Waals surface area contributed by atoms with Crippen molar-refractivity contribution in [3.8, 4) is 29.4 Å². The molecule has 0 aliphatic carbocycles. The number of imide groups is 4. The van der Waals surface area contributed by atoms with E-state index in [0.717, 1.165) is 54.0 Å². The highest BCUT2D eigenvalue weighted by atomic mass is 79.9. The Labute approximate surface area is 751 Å². The number of ether oxygens (including phenoxy) is 8. The van der Waals surface area contributed by atoms with Gasteiger partial charge in [0, 0.05) is 140 Å². The minimum absolute atomic E-state index is 0. The van der Waals surface area contributed by atoms with Crippen molar-refractivity contribution in [1.82, 2.24) is 20.0 Å². The van der Waals surface area contributed by atoms with E-state index in [1.807, 2.05) is 12.1 Å². The van der Waals surface area contributed by atoms with Crippen LogP contribution in [0.15, 0.2) is 175 Å². The topological polar surface area (TPSA) is 427 Å². The summed E-state index contributed by atoms with van der Waals surface area (Å²) in [6.07, 6.45) is 9.41. The molecule has 0 radical (unpaired) electrons. The van der Waals surface area contributed by atoms with Crippen LogP contribution in [0.25, 0.3) is 4.85 Å². The van der Waals surface area contributed by atoms with Crippen LogP contribution in [0.1, 0.15) is 185 Å². The SMILES string of the molecule is BrCCCOCCCBr.C.C.N#Cc1cccc(OCCCOCCCN2C(=O)c3ccccc3C2=O)c1.N=Cc1cccc(O)c1.NC(=NO)c1cccc(OCCCOCCCN2C(=O)c3ccccc3C2=O)c1.O=C1NC(=O)c2ccccc21.O=C1c2ccccc2C(=O)N1CCCOCCCBr.OCCCOCCCO.[C-]#[N+]CCOCCC#N. The highest BCUT2D eigenvalue weighted by Gasteiger charge is 2.37. The molecule has 8 amide bonds. The van der Waals surface area contributed by atoms with Crippen molar-refractivity contribution >= 4 is 107 Å². The molecule has 11 rings (SSSR count). The molecule has 8 N–H and O–H groups in total. The monoisotopic (exact) mass is 1900 g/mol. The second kappa shape index (κ2) is 67.5. The number of alkyl halides is 3. The molecular formula is C91H113Br3N10O20. The molecule has 4 aliphatic heterocycles. The fourth-order valence-electron chi connectivity index (χ4n) is 10.8. The number of aliphatic hydroxyl groups excluding tert-OH is 2. The zero-order chi connectivity index (χ0) is 88.8. The van der Waals surface area contributed by atoms with Gasteiger partial charge in [0.1, 0.15) is 23.9 Å². The molecule has 124 heavy (non-hydrogen) atoms. The Morgan fingerprint density at radius 2 is 0.798 bits per heavy atom. The van der Waals surface area contributed by atoms with Gasteiger partial charge in [-0.25, -0.2) is 6.57 Å². The summed E-state index contributed by atoms with van der Waals surface area (Å²) < 4.78 is 42.8. The van der Waals surface area contributed by atoms with Crippen molar-refractivity contribution in [2.75, 3.05) is 148 Å². The zero-order valence-electron chi connectivity index (χ0n) is 67.9. The van der Waals surface area contributed by atoms with E-state index in [2.05, 4.69) is 69.2 Å². The summed E-state index contributed by atoms with van der Waals surface area (Å²) in [5.74, 6) is -0.418. The van der Waals surface area contributed by atoms with Crippen molar-refractivity contribution < 1.29 is 96.8 Å². The van der Waals surface area contributed by atoms with Crippen LogP contribution in [0.5, 0.6) is 17.2 Å². The third-order valence-electron chi connectivity index (χ3n) is 16.8. The number of carbonyl (C=O) groups excluding carboxylic acids is 8. The van der Waals surface area contributed by atoms with E-state index in [1.165, 1.54) is 27.0 Å². The first kappa shape index (κ1) is 109. The Morgan fingerprint density at radius 1 is 0.452 bits per heavy atom. The van der Waals surface area contributed by atoms with Gasteiger partial charge >= 0.3 is 0 Å². The lowest BCUT2D eigenvalue weighted by Crippen LogP contribution is -2.31. The van der Waals surface area contributed by atoms with Crippen LogP contribution in [-0.2, 0) is 28.4 Å². The number of nitrogens with one attached hydrogen (secondary N) is 2. The molecule has 668 valence electrons. The van der Waals surface area contributed by atoms with Gasteiger partial charge in [0.2, 0.25) is 6.54 Å². The standard InChI is InChI=1S/C21H23N3O5.C21H20N2O4.C14H16BrNO3.C8H5NO2.C7H7NO.C6H12Br2O.C6H8N2O.C6H14O3.2CH4/c22-19(23-27)15-6-3-7-16(14-15)29-13-5-12-28-11-4-10-24-20(25)17-8-1-2-9-18(17)21(24)26;22-15-16-6-3-7-17(14-16)27-13-5-12-26-11-4-10-23-20(24)18-8-1-2-9-19(18)21(23)25;15-7-3-9-19-10-4-8-16-13(17)11-5-1-2-6-12(11)14(16)18;10-7-5-3-1-2-4-6(5)8(11)9-7;8-5-6-2-1-3-7(9)4-6;7-3-1-5-9-6-2-4-8;1-8-4-6-9-5-2-3-7;7-3-1-5-9-6-2-4-8;;/h1-3,6-9,14,27H,4-5,10-13H2,(H2,22,23);1-3,6-9,14H,4-5,10-13H2;1-2,5-6H,3-4,7-10H2;1-4H,(H,9,10,11);1-5,8-9H;1-6H2;2,4-6H2;7-8H,1-6H2;2*1H4. The van der Waals surface area contributed by atoms with E-state index in [-0.39, 0.29) is 86.9 Å². The summed E-state index contributed by atoms with van der Waals surface area (Å²) >= 11 is 9.99. The number of hydrogen-bond acceptors (Lipinski definition) is 24. The largest absolute Gasteiger partial charge is 0.508 e. The van der Waals surface area contributed by atoms with Crippen LogP contribution in [0, 0.1) is 34.6 Å². The number of carbonyl (C=O) groups is 8. The fourth-order valence-corrected chi connectivity index (χ4v) is 11.5. The van der Waals surface area contributed by atoms with Gasteiger partial charge in [-0.3, -0.25) is 58.4 Å². The molecule has 0 atom stereocenters. The molecule has 4 heterocycles. The third-order valence-corrected chi connectivity index (χ3v) is 18.5. The maximum Gasteiger partial charge on any atom is 0.261 e. The summed E-state index contributed by atoms with van der Waals surface area (Å²) in [6.45, 7) is 16.3. The summed E-state index contributed by atoms with van der Waals surface area (Å²) in [6, 6.07) is 52.0. The summed E-state index contributed by atoms with van der Waals surface area (Å²) in [7, 11) is 0. The number of aromatic hydroxyl groups is 1. The number of phenols is 1. The fraction of sp³-hybridized carbons (Fsp3) is 0.396. The van der Waals surface area contributed by atoms with Crippen LogP contribution in [0.4, 0.5) is 0 Å². The van der Waals surface area contributed by atoms with Crippen molar-refractivity contribution in [3.05, 3.63) is 242 Å². The Bertz CT molecular complexity index is 4360. The lowest BCUT2D eigenvalue weighted by atomic mass is 10.1. The quantitative estimate of drug-likeness (QED) is 0.00273. The number of nitrogens with zero attached hydrogens (tertiary/aromatic N) is 7. The molecule has 4 aliphatic rings. The first-order chi connectivity index (χ1) is 59.4. The molecule has 0 spiro atoms. The second-order valence-electron chi connectivity index (χ2n) is 25.9. The second-order valence-corrected chi connectivity index (χ2v) is 28.2. The van der Waals surface area contributed by atoms with E-state index >= 15 is 0 Å². The Hall–Kier alpha value is -11.0. The van der Waals surface area contributed by atoms with E-state index < -0.39 is 0 Å². The number of amidine groups is 1. The van der Waals surface area contributed by atoms with E-state index in [0.29, 0.717) is 224 Å². The van der Waals surface area contributed by atoms with Gasteiger partial charge in [0.15, 0.2) is 5.84 Å². The molecule has 0 bridgehead atoms. The molecule has 0 aromatic heterocycles. The Kier molecular flexibility index (Phi) is 59.4. The molecule has 0 fully saturated rings. The van der Waals surface area contributed by atoms with Crippen LogP contribution >= 0.6 is 47.8 Å². The number of phenolic OH excluding ortho intramolecular Hbond substituents is 1. The number of benzene rings is 7. The number of oxime groups is 1. The molecule has 30 nitrogen and oxygen atoms in total. The zero-order valence-corrected chi connectivity index (χ0v) is 72.7. The normalized spacial score (nSPS) is 12.1. The molecule has 33 heteroatoms. The van der Waals surface area contributed by atoms with Gasteiger partial charge < -0.3 is 74.4 Å². The number of fused-ring (bicyclic) bond motifs is 4. The summed E-state index contributed by atoms with van der Waals surface area (Å²) in [5, 5.41) is 66.0. The summed E-state index contributed by atoms with van der Waals surface area (Å²) in [4.78, 5) is 102. The van der Waals surface area contributed by atoms with Gasteiger partial charge in [0.05, 0.1) is 88.5 Å². The molecule has 0 saturated heterocycles. The average Bonchev–Trinajstić information content (AvgIpc) is 1.65. The minimum atomic E-state index is -0.300. The van der Waals surface area contributed by atoms with Gasteiger partial charge in [-0.15, -0.1) is 0 Å². The number of aliphatic hydroxyl groups is 2. The Morgan fingerprint density at radius 3 is 1.14 bits per heavy atom. The van der Waals surface area contributed by atoms with Gasteiger partial charge in [-0.1, -0.05) is 147 Å². The van der Waals surface area contributed by atoms with Crippen LogP contribution < -0.4 is 20.5 Å². The van der Waals surface area contributed by atoms with Gasteiger partial charge in [-0.2, -0.15) is 10.5 Å². The molecule has 7 aromatic carbocycles. The molecule has 0 unspecified atom stereocenters. The van der Waals surface area contributed by atoms with Crippen LogP contribution in [0.3, 0.4) is 0 Å². The summed E-state index contributed by atoms with van der Waals surface area (Å²) in [5.41, 5.74) is 11.2. The molecular weight excluding hydrogens is 1790 g/mol. The number of nitriles is 2. The van der Waals surface area contributed by atoms with Crippen LogP contribution in [0.2, 0.25) is 0 Å². The van der Waals surface area contributed by atoms with E-state index in [9.17, 15) is 38.4 Å². The van der Waals surface area contributed by atoms with Crippen molar-refractivity contribution in [2.45, 2.75) is 85.5 Å². The molecule has 0 saturated carbocycles. The average molecular weight is 1910 g/mol. The van der Waals surface area contributed by atoms with Crippen LogP contribution in [-0.4, -0.2) is 242 Å². The minimum Gasteiger partial charge on any atom is -0.508 e. The maximum atomic E-state index is 12.3. The van der Waals surface area contributed by atoms with E-state index in [1.54, 1.807) is 158 Å². The number of nitrogens with two attached hydrogens (primary N) is 1. The maximum absolute atomic E-state index is 12.3. The van der Waals surface area contributed by atoms with Crippen molar-refractivity contribution in [3.63, 3.8) is 0 Å². The number of hydrogen-bond donors (Lipinski definition) is 7. The third kappa shape index (κ3) is 41.0. The van der Waals surface area contributed by atoms with E-state index in [4.69, 9.17) is 86.7 Å². The van der Waals surface area contributed by atoms with Crippen molar-refractivity contribution in [1.29, 1.82) is 15.9 Å². The first-order valence-corrected chi connectivity index (χ1v) is 42.8. The number of amides is 8. The highest BCUT2D eigenvalue weighted by Crippen LogP contribution is 2.26. The predicted octanol–water partition coefficient (Wildman–Crippen LogP) is 14.2. The highest BCUT2D eigenvalue weighted by molar-refractivity contribution is 9.09. The predicted molar refractivity (Wildman–Crippen MR) is 483 cm³/mol. The Balaban J connectivity index is 0.000000504. The lowest BCUT2D eigenvalue weighted by Gasteiger charge is -2.13. The number of halogens is 3. The number of rotatable bonds is 43. The smallest absolute Gasteiger partial charge is 0.261 e. The first-order valence-electron chi connectivity index (χ1n) is 39.4.